The first-order valence-electron chi connectivity index (χ1n) is 5.94. The summed E-state index contributed by atoms with van der Waals surface area (Å²) >= 11 is 7.33. The molecule has 21 heavy (non-hydrogen) atoms. The molecular weight excluding hydrogens is 334 g/mol. The molecule has 0 aliphatic rings. The van der Waals surface area contributed by atoms with Crippen molar-refractivity contribution in [1.82, 2.24) is 23.5 Å². The zero-order chi connectivity index (χ0) is 15.2. The Morgan fingerprint density at radius 3 is 2.90 bits per heavy atom. The molecule has 0 unspecified atom stereocenters. The number of aryl methyl sites for hydroxylation is 1. The number of aromatic nitrogens is 4. The molecular formula is C11H12ClN5O2S2. The summed E-state index contributed by atoms with van der Waals surface area (Å²) in [6.45, 7) is 0.212. The highest BCUT2D eigenvalue weighted by molar-refractivity contribution is 7.89. The van der Waals surface area contributed by atoms with Crippen LogP contribution in [-0.2, 0) is 23.6 Å². The van der Waals surface area contributed by atoms with Crippen LogP contribution in [-0.4, -0.2) is 38.9 Å². The van der Waals surface area contributed by atoms with Gasteiger partial charge >= 0.3 is 0 Å². The number of imidazole rings is 1. The van der Waals surface area contributed by atoms with Crippen LogP contribution in [0.5, 0.6) is 0 Å². The smallest absolute Gasteiger partial charge is 0.262 e. The van der Waals surface area contributed by atoms with E-state index in [-0.39, 0.29) is 16.7 Å². The second kappa shape index (κ2) is 5.09. The Morgan fingerprint density at radius 1 is 1.48 bits per heavy atom. The highest BCUT2D eigenvalue weighted by Crippen LogP contribution is 2.27. The average Bonchev–Trinajstić information content (AvgIpc) is 3.05. The first kappa shape index (κ1) is 14.5. The van der Waals surface area contributed by atoms with Crippen LogP contribution < -0.4 is 0 Å². The van der Waals surface area contributed by atoms with Gasteiger partial charge in [-0.3, -0.25) is 9.08 Å². The van der Waals surface area contributed by atoms with E-state index >= 15 is 0 Å². The van der Waals surface area contributed by atoms with Crippen molar-refractivity contribution < 1.29 is 8.42 Å². The van der Waals surface area contributed by atoms with E-state index in [1.807, 2.05) is 0 Å². The summed E-state index contributed by atoms with van der Waals surface area (Å²) in [5, 5.41) is 5.77. The van der Waals surface area contributed by atoms with Crippen LogP contribution in [0, 0.1) is 0 Å². The van der Waals surface area contributed by atoms with E-state index < -0.39 is 10.0 Å². The van der Waals surface area contributed by atoms with Crippen LogP contribution in [0.4, 0.5) is 0 Å². The van der Waals surface area contributed by atoms with Gasteiger partial charge in [-0.05, 0) is 0 Å². The Hall–Kier alpha value is -1.42. The number of hydrogen-bond acceptors (Lipinski definition) is 5. The highest BCUT2D eigenvalue weighted by Gasteiger charge is 2.29. The summed E-state index contributed by atoms with van der Waals surface area (Å²) in [4.78, 5) is 4.61. The van der Waals surface area contributed by atoms with Gasteiger partial charge in [0.2, 0.25) is 0 Å². The van der Waals surface area contributed by atoms with Crippen molar-refractivity contribution in [2.45, 2.75) is 11.6 Å². The molecule has 0 saturated heterocycles. The molecule has 3 heterocycles. The molecule has 0 atom stereocenters. The quantitative estimate of drug-likeness (QED) is 0.720. The lowest BCUT2D eigenvalue weighted by atomic mass is 10.4. The minimum Gasteiger partial charge on any atom is -0.279 e. The van der Waals surface area contributed by atoms with Crippen LogP contribution >= 0.6 is 22.9 Å². The third-order valence-corrected chi connectivity index (χ3v) is 5.96. The Balaban J connectivity index is 1.99. The van der Waals surface area contributed by atoms with Crippen molar-refractivity contribution in [1.29, 1.82) is 0 Å². The van der Waals surface area contributed by atoms with Gasteiger partial charge in [0.25, 0.3) is 10.0 Å². The number of thiazole rings is 1. The Labute approximate surface area is 130 Å². The maximum Gasteiger partial charge on any atom is 0.262 e. The molecule has 10 heteroatoms. The molecule has 0 aliphatic carbocycles. The fraction of sp³-hybridized carbons (Fsp3) is 0.273. The summed E-state index contributed by atoms with van der Waals surface area (Å²) in [6, 6.07) is 0. The molecule has 0 saturated carbocycles. The van der Waals surface area contributed by atoms with Crippen molar-refractivity contribution >= 4 is 37.9 Å². The van der Waals surface area contributed by atoms with E-state index in [1.165, 1.54) is 27.1 Å². The molecule has 0 radical (unpaired) electrons. The van der Waals surface area contributed by atoms with Gasteiger partial charge < -0.3 is 0 Å². The third kappa shape index (κ3) is 2.46. The molecule has 0 fully saturated rings. The standard InChI is InChI=1S/C11H12ClN5O2S2/c1-15-6-8(5-13-15)7-16(2)21(18,19)10-9(12)14-11-17(10)3-4-20-11/h3-6H,7H2,1-2H3. The maximum absolute atomic E-state index is 12.7. The predicted molar refractivity (Wildman–Crippen MR) is 79.9 cm³/mol. The summed E-state index contributed by atoms with van der Waals surface area (Å²) in [6.07, 6.45) is 5.04. The normalized spacial score (nSPS) is 12.6. The molecule has 0 aliphatic heterocycles. The van der Waals surface area contributed by atoms with Gasteiger partial charge in [0.15, 0.2) is 15.1 Å². The Kier molecular flexibility index (Phi) is 3.52. The lowest BCUT2D eigenvalue weighted by Crippen LogP contribution is -2.27. The highest BCUT2D eigenvalue weighted by atomic mass is 35.5. The number of rotatable bonds is 4. The zero-order valence-electron chi connectivity index (χ0n) is 11.3. The van der Waals surface area contributed by atoms with Crippen LogP contribution in [0.25, 0.3) is 4.96 Å². The van der Waals surface area contributed by atoms with Gasteiger partial charge in [-0.1, -0.05) is 11.6 Å². The molecule has 3 aromatic rings. The molecule has 112 valence electrons. The molecule has 3 rings (SSSR count). The van der Waals surface area contributed by atoms with Crippen LogP contribution in [0.1, 0.15) is 5.56 Å². The largest absolute Gasteiger partial charge is 0.279 e. The molecule has 0 aromatic carbocycles. The second-order valence-electron chi connectivity index (χ2n) is 4.55. The molecule has 0 bridgehead atoms. The van der Waals surface area contributed by atoms with E-state index in [9.17, 15) is 8.42 Å². The van der Waals surface area contributed by atoms with Gasteiger partial charge in [-0.25, -0.2) is 13.4 Å². The maximum atomic E-state index is 12.7. The predicted octanol–water partition coefficient (Wildman–Crippen LogP) is 1.60. The summed E-state index contributed by atoms with van der Waals surface area (Å²) in [7, 11) is -0.457. The lowest BCUT2D eigenvalue weighted by molar-refractivity contribution is 0.463. The molecule has 7 nitrogen and oxygen atoms in total. The fourth-order valence-electron chi connectivity index (χ4n) is 2.01. The van der Waals surface area contributed by atoms with Crippen molar-refractivity contribution in [3.63, 3.8) is 0 Å². The molecule has 0 spiro atoms. The average molecular weight is 346 g/mol. The molecule has 0 N–H and O–H groups in total. The number of hydrogen-bond donors (Lipinski definition) is 0. The topological polar surface area (TPSA) is 72.5 Å². The van der Waals surface area contributed by atoms with Crippen molar-refractivity contribution in [2.75, 3.05) is 7.05 Å². The van der Waals surface area contributed by atoms with Gasteiger partial charge in [-0.15, -0.1) is 11.3 Å². The summed E-state index contributed by atoms with van der Waals surface area (Å²) in [5.74, 6) is 0. The van der Waals surface area contributed by atoms with E-state index in [1.54, 1.807) is 35.7 Å². The number of sulfonamides is 1. The first-order valence-corrected chi connectivity index (χ1v) is 8.64. The fourth-order valence-corrected chi connectivity index (χ4v) is 4.57. The van der Waals surface area contributed by atoms with Gasteiger partial charge in [0.05, 0.1) is 6.20 Å². The van der Waals surface area contributed by atoms with E-state index in [4.69, 9.17) is 11.6 Å². The van der Waals surface area contributed by atoms with Gasteiger partial charge in [-0.2, -0.15) is 9.40 Å². The summed E-state index contributed by atoms with van der Waals surface area (Å²) in [5.41, 5.74) is 0.797. The number of fused-ring (bicyclic) bond motifs is 1. The zero-order valence-corrected chi connectivity index (χ0v) is 13.7. The van der Waals surface area contributed by atoms with E-state index in [0.717, 1.165) is 5.56 Å². The Morgan fingerprint density at radius 2 is 2.24 bits per heavy atom. The van der Waals surface area contributed by atoms with Crippen molar-refractivity contribution in [3.8, 4) is 0 Å². The SMILES string of the molecule is CN(Cc1cnn(C)c1)S(=O)(=O)c1c(Cl)nc2sccn12. The second-order valence-corrected chi connectivity index (χ2v) is 7.74. The monoisotopic (exact) mass is 345 g/mol. The summed E-state index contributed by atoms with van der Waals surface area (Å²) < 4.78 is 29.7. The van der Waals surface area contributed by atoms with Gasteiger partial charge in [0, 0.05) is 44.0 Å². The Bertz CT molecular complexity index is 895. The molecule has 3 aromatic heterocycles. The van der Waals surface area contributed by atoms with Crippen LogP contribution in [0.3, 0.4) is 0 Å². The minimum absolute atomic E-state index is 0.00759. The van der Waals surface area contributed by atoms with Gasteiger partial charge in [0.1, 0.15) is 0 Å². The number of halogens is 1. The lowest BCUT2D eigenvalue weighted by Gasteiger charge is -2.15. The first-order chi connectivity index (χ1) is 9.89. The van der Waals surface area contributed by atoms with Crippen molar-refractivity contribution in [2.24, 2.45) is 7.05 Å². The minimum atomic E-state index is -3.74. The molecule has 0 amide bonds. The van der Waals surface area contributed by atoms with Crippen molar-refractivity contribution in [3.05, 3.63) is 34.7 Å². The van der Waals surface area contributed by atoms with E-state index in [0.29, 0.717) is 4.96 Å². The van der Waals surface area contributed by atoms with Crippen LogP contribution in [0.2, 0.25) is 5.15 Å². The van der Waals surface area contributed by atoms with Crippen LogP contribution in [0.15, 0.2) is 29.0 Å². The number of nitrogens with zero attached hydrogens (tertiary/aromatic N) is 5. The third-order valence-electron chi connectivity index (χ3n) is 3.00. The van der Waals surface area contributed by atoms with E-state index in [2.05, 4.69) is 10.1 Å².